The number of allylic oxidation sites excluding steroid dienone is 3. The SMILES string of the molecule is CCCOc1ccc(-c2ccc(C3=CC=C(C=O)[SeH2]3)cc2)c(F)c1F. The van der Waals surface area contributed by atoms with E-state index in [-0.39, 0.29) is 11.3 Å². The van der Waals surface area contributed by atoms with Crippen molar-refractivity contribution in [2.24, 2.45) is 0 Å². The van der Waals surface area contributed by atoms with Crippen LogP contribution in [-0.2, 0) is 4.79 Å². The van der Waals surface area contributed by atoms with E-state index in [4.69, 9.17) is 4.74 Å². The van der Waals surface area contributed by atoms with Crippen LogP contribution in [0.2, 0.25) is 0 Å². The molecule has 0 atom stereocenters. The monoisotopic (exact) mass is 408 g/mol. The zero-order chi connectivity index (χ0) is 17.8. The van der Waals surface area contributed by atoms with Crippen molar-refractivity contribution in [3.8, 4) is 16.9 Å². The maximum absolute atomic E-state index is 14.4. The molecule has 1 heterocycles. The molecule has 0 bridgehead atoms. The molecule has 0 fully saturated rings. The van der Waals surface area contributed by atoms with Crippen molar-refractivity contribution >= 4 is 25.7 Å². The second-order valence-corrected chi connectivity index (χ2v) is 8.48. The fourth-order valence-electron chi connectivity index (χ4n) is 2.56. The molecule has 1 aliphatic rings. The average Bonchev–Trinajstić information content (AvgIpc) is 3.12. The maximum atomic E-state index is 14.4. The standard InChI is InChI=1S/C20H18F2O2Se/c1-2-11-24-17-9-8-16(19(21)20(17)22)13-3-5-14(6-4-13)18-10-7-15(12-23)25-18/h3-10,12H,2,11,25H2,1H3. The Kier molecular flexibility index (Phi) is 5.46. The first-order valence-corrected chi connectivity index (χ1v) is 10.1. The summed E-state index contributed by atoms with van der Waals surface area (Å²) in [4.78, 5) is 10.8. The Bertz CT molecular complexity index is 855. The van der Waals surface area contributed by atoms with Crippen LogP contribution in [-0.4, -0.2) is 27.8 Å². The number of carbonyl (C=O) groups is 1. The van der Waals surface area contributed by atoms with Crippen LogP contribution in [0, 0.1) is 11.6 Å². The molecule has 2 nitrogen and oxygen atoms in total. The predicted octanol–water partition coefficient (Wildman–Crippen LogP) is 4.03. The molecule has 0 spiro atoms. The Morgan fingerprint density at radius 3 is 2.36 bits per heavy atom. The van der Waals surface area contributed by atoms with Gasteiger partial charge in [-0.15, -0.1) is 0 Å². The third kappa shape index (κ3) is 3.73. The second-order valence-electron chi connectivity index (χ2n) is 5.61. The van der Waals surface area contributed by atoms with Gasteiger partial charge in [0, 0.05) is 0 Å². The summed E-state index contributed by atoms with van der Waals surface area (Å²) in [5.41, 5.74) is 1.82. The van der Waals surface area contributed by atoms with Gasteiger partial charge in [0.05, 0.1) is 0 Å². The number of hydrogen-bond acceptors (Lipinski definition) is 2. The summed E-state index contributed by atoms with van der Waals surface area (Å²) < 4.78 is 35.7. The summed E-state index contributed by atoms with van der Waals surface area (Å²) >= 11 is -0.595. The van der Waals surface area contributed by atoms with E-state index in [1.54, 1.807) is 12.1 Å². The number of carbonyl (C=O) groups excluding carboxylic acids is 1. The molecule has 5 heteroatoms. The Labute approximate surface area is 151 Å². The summed E-state index contributed by atoms with van der Waals surface area (Å²) in [6.45, 7) is 2.25. The van der Waals surface area contributed by atoms with E-state index in [2.05, 4.69) is 0 Å². The molecule has 0 amide bonds. The Hall–Kier alpha value is -2.23. The number of aldehydes is 1. The van der Waals surface area contributed by atoms with Gasteiger partial charge < -0.3 is 0 Å². The molecule has 25 heavy (non-hydrogen) atoms. The van der Waals surface area contributed by atoms with Crippen molar-refractivity contribution in [3.05, 3.63) is 70.2 Å². The third-order valence-electron chi connectivity index (χ3n) is 3.85. The van der Waals surface area contributed by atoms with E-state index in [1.807, 2.05) is 31.2 Å². The Balaban J connectivity index is 1.83. The van der Waals surface area contributed by atoms with Crippen molar-refractivity contribution in [1.29, 1.82) is 0 Å². The van der Waals surface area contributed by atoms with E-state index >= 15 is 0 Å². The van der Waals surface area contributed by atoms with Gasteiger partial charge in [-0.25, -0.2) is 0 Å². The molecular formula is C20H18F2O2Se. The van der Waals surface area contributed by atoms with Crippen molar-refractivity contribution in [3.63, 3.8) is 0 Å². The summed E-state index contributed by atoms with van der Waals surface area (Å²) in [6, 6.07) is 10.3. The van der Waals surface area contributed by atoms with Crippen LogP contribution in [0.5, 0.6) is 5.75 Å². The van der Waals surface area contributed by atoms with E-state index < -0.39 is 26.6 Å². The van der Waals surface area contributed by atoms with Crippen LogP contribution in [0.15, 0.2) is 53.0 Å². The first-order valence-electron chi connectivity index (χ1n) is 7.99. The van der Waals surface area contributed by atoms with E-state index in [9.17, 15) is 13.6 Å². The van der Waals surface area contributed by atoms with Crippen LogP contribution in [0.25, 0.3) is 15.6 Å². The molecular weight excluding hydrogens is 389 g/mol. The molecule has 0 saturated carbocycles. The fourth-order valence-corrected chi connectivity index (χ4v) is 4.68. The summed E-state index contributed by atoms with van der Waals surface area (Å²) in [7, 11) is 0. The van der Waals surface area contributed by atoms with Gasteiger partial charge in [-0.05, 0) is 0 Å². The van der Waals surface area contributed by atoms with Crippen molar-refractivity contribution in [1.82, 2.24) is 0 Å². The molecule has 1 aliphatic heterocycles. The topological polar surface area (TPSA) is 26.3 Å². The first-order chi connectivity index (χ1) is 12.1. The molecule has 0 unspecified atom stereocenters. The zero-order valence-corrected chi connectivity index (χ0v) is 15.8. The molecule has 0 saturated heterocycles. The molecule has 3 rings (SSSR count). The van der Waals surface area contributed by atoms with Gasteiger partial charge in [0.15, 0.2) is 0 Å². The van der Waals surface area contributed by atoms with Crippen LogP contribution in [0.3, 0.4) is 0 Å². The summed E-state index contributed by atoms with van der Waals surface area (Å²) in [6.07, 6.45) is 5.43. The van der Waals surface area contributed by atoms with Gasteiger partial charge >= 0.3 is 144 Å². The minimum atomic E-state index is -0.958. The normalized spacial score (nSPS) is 15.0. The molecule has 0 radical (unpaired) electrons. The van der Waals surface area contributed by atoms with E-state index in [0.29, 0.717) is 12.2 Å². The molecule has 0 aromatic heterocycles. The van der Waals surface area contributed by atoms with Crippen molar-refractivity contribution < 1.29 is 18.3 Å². The quantitative estimate of drug-likeness (QED) is 0.534. The number of rotatable bonds is 6. The van der Waals surface area contributed by atoms with Gasteiger partial charge in [0.25, 0.3) is 0 Å². The molecule has 2 aromatic rings. The molecule has 130 valence electrons. The molecule has 0 aliphatic carbocycles. The Morgan fingerprint density at radius 2 is 1.72 bits per heavy atom. The molecule has 0 N–H and O–H groups in total. The predicted molar refractivity (Wildman–Crippen MR) is 98.2 cm³/mol. The minimum absolute atomic E-state index is 0.0614. The summed E-state index contributed by atoms with van der Waals surface area (Å²) in [5, 5.41) is 0. The van der Waals surface area contributed by atoms with Gasteiger partial charge in [-0.2, -0.15) is 0 Å². The van der Waals surface area contributed by atoms with Gasteiger partial charge in [-0.3, -0.25) is 0 Å². The van der Waals surface area contributed by atoms with Gasteiger partial charge in [0.1, 0.15) is 0 Å². The van der Waals surface area contributed by atoms with Crippen molar-refractivity contribution in [2.75, 3.05) is 6.61 Å². The van der Waals surface area contributed by atoms with E-state index in [1.165, 1.54) is 12.1 Å². The molecule has 2 aromatic carbocycles. The number of halogens is 2. The first kappa shape index (κ1) is 17.6. The number of ether oxygens (including phenoxy) is 1. The summed E-state index contributed by atoms with van der Waals surface area (Å²) in [5.74, 6) is -1.92. The fraction of sp³-hybridized carbons (Fsp3) is 0.150. The zero-order valence-electron chi connectivity index (χ0n) is 13.7. The van der Waals surface area contributed by atoms with Crippen LogP contribution >= 0.6 is 0 Å². The van der Waals surface area contributed by atoms with Gasteiger partial charge in [0.2, 0.25) is 0 Å². The number of benzene rings is 2. The van der Waals surface area contributed by atoms with Crippen LogP contribution < -0.4 is 4.74 Å². The van der Waals surface area contributed by atoms with Crippen LogP contribution in [0.1, 0.15) is 18.9 Å². The van der Waals surface area contributed by atoms with Crippen molar-refractivity contribution in [2.45, 2.75) is 13.3 Å². The second kappa shape index (κ2) is 7.77. The van der Waals surface area contributed by atoms with Gasteiger partial charge in [-0.1, -0.05) is 6.92 Å². The van der Waals surface area contributed by atoms with Crippen LogP contribution in [0.4, 0.5) is 8.78 Å². The Morgan fingerprint density at radius 1 is 1.00 bits per heavy atom. The third-order valence-corrected chi connectivity index (χ3v) is 6.57. The number of hydrogen-bond donors (Lipinski definition) is 0. The average molecular weight is 407 g/mol. The van der Waals surface area contributed by atoms with E-state index in [0.717, 1.165) is 27.2 Å².